The van der Waals surface area contributed by atoms with Crippen LogP contribution in [0, 0.1) is 0 Å². The summed E-state index contributed by atoms with van der Waals surface area (Å²) >= 11 is 0. The number of aryl methyl sites for hydroxylation is 1. The molecule has 3 heteroatoms. The van der Waals surface area contributed by atoms with E-state index >= 15 is 0 Å². The van der Waals surface area contributed by atoms with Crippen molar-refractivity contribution in [3.8, 4) is 0 Å². The van der Waals surface area contributed by atoms with Crippen molar-refractivity contribution in [2.24, 2.45) is 0 Å². The molecule has 0 radical (unpaired) electrons. The zero-order valence-electron chi connectivity index (χ0n) is 10.1. The molecule has 1 amide bonds. The van der Waals surface area contributed by atoms with Crippen LogP contribution in [0.15, 0.2) is 36.5 Å². The highest BCUT2D eigenvalue weighted by Crippen LogP contribution is 2.15. The molecule has 1 heterocycles. The van der Waals surface area contributed by atoms with E-state index in [1.165, 1.54) is 10.9 Å². The molecule has 17 heavy (non-hydrogen) atoms. The zero-order chi connectivity index (χ0) is 12.1. The fourth-order valence-corrected chi connectivity index (χ4v) is 1.91. The molecule has 1 N–H and O–H groups in total. The molecule has 2 rings (SSSR count). The van der Waals surface area contributed by atoms with Gasteiger partial charge in [-0.3, -0.25) is 4.79 Å². The first-order valence-corrected chi connectivity index (χ1v) is 6.12. The molecule has 0 atom stereocenters. The summed E-state index contributed by atoms with van der Waals surface area (Å²) < 4.78 is 2.13. The smallest absolute Gasteiger partial charge is 0.221 e. The van der Waals surface area contributed by atoms with E-state index in [-0.39, 0.29) is 5.91 Å². The molecule has 0 aliphatic carbocycles. The Bertz CT molecular complexity index is 502. The van der Waals surface area contributed by atoms with Crippen molar-refractivity contribution in [2.75, 3.05) is 6.54 Å². The van der Waals surface area contributed by atoms with Gasteiger partial charge in [0, 0.05) is 31.2 Å². The van der Waals surface area contributed by atoms with E-state index in [9.17, 15) is 4.79 Å². The van der Waals surface area contributed by atoms with Crippen LogP contribution in [0.5, 0.6) is 0 Å². The van der Waals surface area contributed by atoms with Crippen molar-refractivity contribution in [1.82, 2.24) is 9.88 Å². The lowest BCUT2D eigenvalue weighted by Crippen LogP contribution is -2.24. The van der Waals surface area contributed by atoms with Gasteiger partial charge < -0.3 is 9.88 Å². The predicted molar refractivity (Wildman–Crippen MR) is 69.9 cm³/mol. The second-order valence-electron chi connectivity index (χ2n) is 4.17. The third-order valence-electron chi connectivity index (χ3n) is 2.83. The summed E-state index contributed by atoms with van der Waals surface area (Å²) in [6.07, 6.45) is 3.56. The van der Waals surface area contributed by atoms with Gasteiger partial charge in [-0.05, 0) is 23.9 Å². The molecule has 1 aromatic heterocycles. The standard InChI is InChI=1S/C14H18N2O/c1-2-9-15-14(17)8-11-16-10-7-12-5-3-4-6-13(12)16/h3-7,10H,2,8-9,11H2,1H3,(H,15,17). The van der Waals surface area contributed by atoms with E-state index in [4.69, 9.17) is 0 Å². The Labute approximate surface area is 101 Å². The van der Waals surface area contributed by atoms with Gasteiger partial charge in [0.15, 0.2) is 0 Å². The molecule has 0 bridgehead atoms. The summed E-state index contributed by atoms with van der Waals surface area (Å²) in [4.78, 5) is 11.5. The Morgan fingerprint density at radius 2 is 2.12 bits per heavy atom. The maximum Gasteiger partial charge on any atom is 0.221 e. The van der Waals surface area contributed by atoms with E-state index in [1.807, 2.05) is 18.3 Å². The molecular formula is C14H18N2O. The molecule has 2 aromatic rings. The van der Waals surface area contributed by atoms with Crippen molar-refractivity contribution in [1.29, 1.82) is 0 Å². The third-order valence-corrected chi connectivity index (χ3v) is 2.83. The number of rotatable bonds is 5. The second-order valence-corrected chi connectivity index (χ2v) is 4.17. The SMILES string of the molecule is CCCNC(=O)CCn1ccc2ccccc21. The van der Waals surface area contributed by atoms with Gasteiger partial charge in [0.25, 0.3) is 0 Å². The minimum Gasteiger partial charge on any atom is -0.356 e. The second kappa shape index (κ2) is 5.53. The molecule has 0 fully saturated rings. The largest absolute Gasteiger partial charge is 0.356 e. The summed E-state index contributed by atoms with van der Waals surface area (Å²) in [6.45, 7) is 3.56. The fourth-order valence-electron chi connectivity index (χ4n) is 1.91. The first-order valence-electron chi connectivity index (χ1n) is 6.12. The molecule has 0 saturated carbocycles. The van der Waals surface area contributed by atoms with Crippen LogP contribution in [0.4, 0.5) is 0 Å². The number of amides is 1. The van der Waals surface area contributed by atoms with Crippen LogP contribution in [0.3, 0.4) is 0 Å². The number of para-hydroxylation sites is 1. The number of carbonyl (C=O) groups excluding carboxylic acids is 1. The summed E-state index contributed by atoms with van der Waals surface area (Å²) in [5.41, 5.74) is 1.19. The Morgan fingerprint density at radius 1 is 1.29 bits per heavy atom. The van der Waals surface area contributed by atoms with Crippen LogP contribution in [-0.2, 0) is 11.3 Å². The zero-order valence-corrected chi connectivity index (χ0v) is 10.1. The Balaban J connectivity index is 1.97. The van der Waals surface area contributed by atoms with Crippen LogP contribution < -0.4 is 5.32 Å². The number of hydrogen-bond donors (Lipinski definition) is 1. The van der Waals surface area contributed by atoms with E-state index in [0.29, 0.717) is 6.42 Å². The highest BCUT2D eigenvalue weighted by molar-refractivity contribution is 5.80. The fraction of sp³-hybridized carbons (Fsp3) is 0.357. The van der Waals surface area contributed by atoms with Gasteiger partial charge in [0.2, 0.25) is 5.91 Å². The summed E-state index contributed by atoms with van der Waals surface area (Å²) in [6, 6.07) is 10.3. The Kier molecular flexibility index (Phi) is 3.81. The van der Waals surface area contributed by atoms with Gasteiger partial charge in [0.1, 0.15) is 0 Å². The van der Waals surface area contributed by atoms with Crippen LogP contribution in [0.2, 0.25) is 0 Å². The van der Waals surface area contributed by atoms with Crippen molar-refractivity contribution in [3.05, 3.63) is 36.5 Å². The highest BCUT2D eigenvalue weighted by atomic mass is 16.1. The number of nitrogens with zero attached hydrogens (tertiary/aromatic N) is 1. The van der Waals surface area contributed by atoms with Gasteiger partial charge in [-0.15, -0.1) is 0 Å². The minimum absolute atomic E-state index is 0.129. The Morgan fingerprint density at radius 3 is 2.94 bits per heavy atom. The normalized spacial score (nSPS) is 10.6. The summed E-state index contributed by atoms with van der Waals surface area (Å²) in [5.74, 6) is 0.129. The van der Waals surface area contributed by atoms with E-state index in [0.717, 1.165) is 19.5 Å². The van der Waals surface area contributed by atoms with Gasteiger partial charge in [0.05, 0.1) is 0 Å². The van der Waals surface area contributed by atoms with Gasteiger partial charge in [-0.25, -0.2) is 0 Å². The van der Waals surface area contributed by atoms with E-state index in [2.05, 4.69) is 35.0 Å². The lowest BCUT2D eigenvalue weighted by atomic mass is 10.2. The number of aromatic nitrogens is 1. The molecule has 1 aromatic carbocycles. The van der Waals surface area contributed by atoms with E-state index < -0.39 is 0 Å². The molecule has 0 saturated heterocycles. The monoisotopic (exact) mass is 230 g/mol. The number of hydrogen-bond acceptors (Lipinski definition) is 1. The quantitative estimate of drug-likeness (QED) is 0.841. The van der Waals surface area contributed by atoms with Crippen LogP contribution in [0.25, 0.3) is 10.9 Å². The van der Waals surface area contributed by atoms with Gasteiger partial charge >= 0.3 is 0 Å². The van der Waals surface area contributed by atoms with Crippen LogP contribution >= 0.6 is 0 Å². The molecule has 0 aliphatic heterocycles. The predicted octanol–water partition coefficient (Wildman–Crippen LogP) is 2.56. The van der Waals surface area contributed by atoms with Crippen molar-refractivity contribution < 1.29 is 4.79 Å². The average molecular weight is 230 g/mol. The molecule has 90 valence electrons. The molecule has 0 aliphatic rings. The first-order chi connectivity index (χ1) is 8.31. The highest BCUT2D eigenvalue weighted by Gasteiger charge is 2.03. The van der Waals surface area contributed by atoms with Crippen molar-refractivity contribution in [2.45, 2.75) is 26.3 Å². The summed E-state index contributed by atoms with van der Waals surface area (Å²) in [7, 11) is 0. The first kappa shape index (κ1) is 11.7. The lowest BCUT2D eigenvalue weighted by molar-refractivity contribution is -0.121. The molecular weight excluding hydrogens is 212 g/mol. The molecule has 0 unspecified atom stereocenters. The maximum atomic E-state index is 11.5. The Hall–Kier alpha value is -1.77. The van der Waals surface area contributed by atoms with Crippen LogP contribution in [0.1, 0.15) is 19.8 Å². The van der Waals surface area contributed by atoms with Crippen LogP contribution in [-0.4, -0.2) is 17.0 Å². The average Bonchev–Trinajstić information content (AvgIpc) is 2.77. The lowest BCUT2D eigenvalue weighted by Gasteiger charge is -2.06. The number of carbonyl (C=O) groups is 1. The van der Waals surface area contributed by atoms with Gasteiger partial charge in [-0.2, -0.15) is 0 Å². The van der Waals surface area contributed by atoms with Crippen molar-refractivity contribution >= 4 is 16.8 Å². The molecule has 0 spiro atoms. The van der Waals surface area contributed by atoms with Gasteiger partial charge in [-0.1, -0.05) is 25.1 Å². The third kappa shape index (κ3) is 2.87. The number of benzene rings is 1. The maximum absolute atomic E-state index is 11.5. The number of nitrogens with one attached hydrogen (secondary N) is 1. The topological polar surface area (TPSA) is 34.0 Å². The summed E-state index contributed by atoms with van der Waals surface area (Å²) in [5, 5.41) is 4.11. The van der Waals surface area contributed by atoms with Crippen molar-refractivity contribution in [3.63, 3.8) is 0 Å². The number of fused-ring (bicyclic) bond motifs is 1. The molecule has 3 nitrogen and oxygen atoms in total. The minimum atomic E-state index is 0.129. The van der Waals surface area contributed by atoms with E-state index in [1.54, 1.807) is 0 Å².